The zero-order valence-electron chi connectivity index (χ0n) is 11.3. The number of hydrazine groups is 1. The van der Waals surface area contributed by atoms with Gasteiger partial charge in [0.25, 0.3) is 0 Å². The number of hydrogen-bond acceptors (Lipinski definition) is 4. The van der Waals surface area contributed by atoms with E-state index in [9.17, 15) is 8.42 Å². The largest absolute Gasteiger partial charge is 0.254 e. The number of hydrogen-bond donors (Lipinski definition) is 1. The zero-order valence-corrected chi connectivity index (χ0v) is 12.1. The van der Waals surface area contributed by atoms with Gasteiger partial charge in [0, 0.05) is 24.4 Å². The van der Waals surface area contributed by atoms with Crippen molar-refractivity contribution >= 4 is 9.84 Å². The van der Waals surface area contributed by atoms with E-state index in [-0.39, 0.29) is 5.75 Å². The van der Waals surface area contributed by atoms with Crippen LogP contribution in [-0.2, 0) is 9.84 Å². The van der Waals surface area contributed by atoms with Crippen molar-refractivity contribution in [1.29, 1.82) is 0 Å². The van der Waals surface area contributed by atoms with Crippen LogP contribution in [0.4, 0.5) is 0 Å². The van der Waals surface area contributed by atoms with Gasteiger partial charge in [0.15, 0.2) is 9.84 Å². The standard InChI is InChI=1S/C12H26N2O2S/c1-4-9-17(15,16)10-8-13-14-11(2)6-5-7-12(14)3/h11-13H,4-10H2,1-3H3. The minimum absolute atomic E-state index is 0.247. The van der Waals surface area contributed by atoms with Gasteiger partial charge in [-0.3, -0.25) is 5.43 Å². The molecule has 5 heteroatoms. The first-order valence-electron chi connectivity index (χ1n) is 6.68. The van der Waals surface area contributed by atoms with Crippen LogP contribution in [0, 0.1) is 0 Å². The molecule has 102 valence electrons. The van der Waals surface area contributed by atoms with Gasteiger partial charge < -0.3 is 0 Å². The fourth-order valence-corrected chi connectivity index (χ4v) is 3.70. The Morgan fingerprint density at radius 1 is 1.18 bits per heavy atom. The van der Waals surface area contributed by atoms with E-state index in [1.165, 1.54) is 19.3 Å². The van der Waals surface area contributed by atoms with Crippen LogP contribution in [0.15, 0.2) is 0 Å². The fourth-order valence-electron chi connectivity index (χ4n) is 2.48. The Labute approximate surface area is 106 Å². The first-order chi connectivity index (χ1) is 7.96. The molecule has 0 aromatic heterocycles. The molecular weight excluding hydrogens is 236 g/mol. The van der Waals surface area contributed by atoms with Crippen molar-refractivity contribution in [3.05, 3.63) is 0 Å². The van der Waals surface area contributed by atoms with Crippen LogP contribution in [-0.4, -0.2) is 43.6 Å². The second-order valence-electron chi connectivity index (χ2n) is 5.10. The molecule has 0 saturated carbocycles. The van der Waals surface area contributed by atoms with E-state index in [4.69, 9.17) is 0 Å². The molecule has 2 atom stereocenters. The third-order valence-electron chi connectivity index (χ3n) is 3.42. The highest BCUT2D eigenvalue weighted by atomic mass is 32.2. The number of nitrogens with zero attached hydrogens (tertiary/aromatic N) is 1. The first kappa shape index (κ1) is 14.9. The van der Waals surface area contributed by atoms with Gasteiger partial charge >= 0.3 is 0 Å². The highest BCUT2D eigenvalue weighted by Gasteiger charge is 2.24. The molecule has 1 fully saturated rings. The van der Waals surface area contributed by atoms with Gasteiger partial charge in [-0.2, -0.15) is 0 Å². The third-order valence-corrected chi connectivity index (χ3v) is 5.27. The molecule has 1 rings (SSSR count). The lowest BCUT2D eigenvalue weighted by molar-refractivity contribution is 0.0491. The third kappa shape index (κ3) is 4.94. The molecule has 0 amide bonds. The molecule has 1 saturated heterocycles. The molecule has 0 spiro atoms. The highest BCUT2D eigenvalue weighted by molar-refractivity contribution is 7.91. The Morgan fingerprint density at radius 3 is 2.29 bits per heavy atom. The summed E-state index contributed by atoms with van der Waals surface area (Å²) in [4.78, 5) is 0. The normalized spacial score (nSPS) is 27.2. The van der Waals surface area contributed by atoms with Gasteiger partial charge in [-0.25, -0.2) is 13.4 Å². The Bertz CT molecular complexity index is 306. The smallest absolute Gasteiger partial charge is 0.151 e. The predicted molar refractivity (Wildman–Crippen MR) is 71.6 cm³/mol. The molecule has 1 aliphatic rings. The molecular formula is C12H26N2O2S. The first-order valence-corrected chi connectivity index (χ1v) is 8.50. The summed E-state index contributed by atoms with van der Waals surface area (Å²) in [6, 6.07) is 1.01. The average Bonchev–Trinajstić information content (AvgIpc) is 2.22. The van der Waals surface area contributed by atoms with E-state index >= 15 is 0 Å². The van der Waals surface area contributed by atoms with E-state index in [1.807, 2.05) is 6.92 Å². The van der Waals surface area contributed by atoms with E-state index in [1.54, 1.807) is 0 Å². The van der Waals surface area contributed by atoms with Crippen LogP contribution in [0.2, 0.25) is 0 Å². The van der Waals surface area contributed by atoms with Gasteiger partial charge in [0.1, 0.15) is 0 Å². The van der Waals surface area contributed by atoms with E-state index < -0.39 is 9.84 Å². The molecule has 0 aromatic rings. The van der Waals surface area contributed by atoms with Crippen molar-refractivity contribution in [3.8, 4) is 0 Å². The monoisotopic (exact) mass is 262 g/mol. The Kier molecular flexibility index (Phi) is 5.89. The second-order valence-corrected chi connectivity index (χ2v) is 7.40. The summed E-state index contributed by atoms with van der Waals surface area (Å²) in [6.45, 7) is 6.84. The number of sulfone groups is 1. The Balaban J connectivity index is 2.34. The molecule has 1 heterocycles. The van der Waals surface area contributed by atoms with Crippen LogP contribution in [0.5, 0.6) is 0 Å². The van der Waals surface area contributed by atoms with Gasteiger partial charge in [-0.15, -0.1) is 0 Å². The van der Waals surface area contributed by atoms with Crippen molar-refractivity contribution < 1.29 is 8.42 Å². The van der Waals surface area contributed by atoms with Crippen LogP contribution < -0.4 is 5.43 Å². The minimum atomic E-state index is -2.86. The molecule has 17 heavy (non-hydrogen) atoms. The Hall–Kier alpha value is -0.130. The van der Waals surface area contributed by atoms with Crippen LogP contribution in [0.25, 0.3) is 0 Å². The maximum absolute atomic E-state index is 11.6. The van der Waals surface area contributed by atoms with Crippen LogP contribution in [0.1, 0.15) is 46.5 Å². The Morgan fingerprint density at radius 2 is 1.76 bits per heavy atom. The second kappa shape index (κ2) is 6.71. The summed E-state index contributed by atoms with van der Waals surface area (Å²) in [6.07, 6.45) is 4.37. The van der Waals surface area contributed by atoms with Gasteiger partial charge in [0.05, 0.1) is 5.75 Å². The summed E-state index contributed by atoms with van der Waals surface area (Å²) < 4.78 is 23.2. The number of rotatable bonds is 6. The molecule has 1 N–H and O–H groups in total. The molecule has 4 nitrogen and oxygen atoms in total. The molecule has 1 aliphatic heterocycles. The van der Waals surface area contributed by atoms with Crippen molar-refractivity contribution in [3.63, 3.8) is 0 Å². The fraction of sp³-hybridized carbons (Fsp3) is 1.00. The lowest BCUT2D eigenvalue weighted by Crippen LogP contribution is -2.53. The summed E-state index contributed by atoms with van der Waals surface area (Å²) >= 11 is 0. The average molecular weight is 262 g/mol. The van der Waals surface area contributed by atoms with Crippen molar-refractivity contribution in [1.82, 2.24) is 10.4 Å². The molecule has 2 unspecified atom stereocenters. The number of piperidine rings is 1. The highest BCUT2D eigenvalue weighted by Crippen LogP contribution is 2.19. The van der Waals surface area contributed by atoms with Gasteiger partial charge in [-0.05, 0) is 33.1 Å². The minimum Gasteiger partial charge on any atom is -0.254 e. The zero-order chi connectivity index (χ0) is 12.9. The molecule has 0 aliphatic carbocycles. The maximum Gasteiger partial charge on any atom is 0.151 e. The maximum atomic E-state index is 11.6. The van der Waals surface area contributed by atoms with Gasteiger partial charge in [0.2, 0.25) is 0 Å². The van der Waals surface area contributed by atoms with E-state index in [0.29, 0.717) is 30.8 Å². The lowest BCUT2D eigenvalue weighted by Gasteiger charge is -2.39. The summed E-state index contributed by atoms with van der Waals surface area (Å²) in [5.74, 6) is 0.552. The van der Waals surface area contributed by atoms with Gasteiger partial charge in [-0.1, -0.05) is 13.3 Å². The van der Waals surface area contributed by atoms with E-state index in [2.05, 4.69) is 24.3 Å². The molecule has 0 aromatic carbocycles. The SMILES string of the molecule is CCCS(=O)(=O)CCNN1C(C)CCCC1C. The van der Waals surface area contributed by atoms with E-state index in [0.717, 1.165) is 0 Å². The molecule has 0 bridgehead atoms. The predicted octanol–water partition coefficient (Wildman–Crippen LogP) is 1.58. The topological polar surface area (TPSA) is 49.4 Å². The van der Waals surface area contributed by atoms with Crippen LogP contribution in [0.3, 0.4) is 0 Å². The number of nitrogens with one attached hydrogen (secondary N) is 1. The summed E-state index contributed by atoms with van der Waals surface area (Å²) in [7, 11) is -2.86. The lowest BCUT2D eigenvalue weighted by atomic mass is 10.00. The summed E-state index contributed by atoms with van der Waals surface area (Å²) in [5, 5.41) is 2.23. The van der Waals surface area contributed by atoms with Crippen LogP contribution >= 0.6 is 0 Å². The van der Waals surface area contributed by atoms with Crippen molar-refractivity contribution in [2.75, 3.05) is 18.1 Å². The van der Waals surface area contributed by atoms with Crippen molar-refractivity contribution in [2.24, 2.45) is 0 Å². The van der Waals surface area contributed by atoms with Crippen molar-refractivity contribution in [2.45, 2.75) is 58.5 Å². The summed E-state index contributed by atoms with van der Waals surface area (Å²) in [5.41, 5.74) is 3.29. The quantitative estimate of drug-likeness (QED) is 0.789. The molecule has 0 radical (unpaired) electrons.